The first-order chi connectivity index (χ1) is 17.7. The average Bonchev–Trinajstić information content (AvgIpc) is 2.88. The van der Waals surface area contributed by atoms with Crippen molar-refractivity contribution in [3.05, 3.63) is 127 Å². The smallest absolute Gasteiger partial charge is 0.331 e. The van der Waals surface area contributed by atoms with Crippen molar-refractivity contribution in [3.63, 3.8) is 0 Å². The van der Waals surface area contributed by atoms with Crippen molar-refractivity contribution in [1.29, 1.82) is 0 Å². The molecule has 0 spiro atoms. The van der Waals surface area contributed by atoms with E-state index in [-0.39, 0.29) is 18.0 Å². The lowest BCUT2D eigenvalue weighted by Crippen LogP contribution is -2.03. The summed E-state index contributed by atoms with van der Waals surface area (Å²) in [4.78, 5) is 13.2. The summed E-state index contributed by atoms with van der Waals surface area (Å²) in [5.41, 5.74) is 2.85. The minimum absolute atomic E-state index is 0.0499. The molecule has 6 nitrogen and oxygen atoms in total. The molecular formula is C30H27N3O3. The predicted octanol–water partition coefficient (Wildman–Crippen LogP) is 7.43. The lowest BCUT2D eigenvalue weighted by atomic mass is 10.1. The van der Waals surface area contributed by atoms with Crippen LogP contribution in [-0.2, 0) is 19.3 Å². The highest BCUT2D eigenvalue weighted by Gasteiger charge is 2.16. The number of hydrogen-bond donors (Lipinski definition) is 0. The molecule has 1 heterocycles. The highest BCUT2D eigenvalue weighted by molar-refractivity contribution is 5.39. The van der Waals surface area contributed by atoms with Gasteiger partial charge in [-0.1, -0.05) is 72.8 Å². The minimum Gasteiger partial charge on any atom is -0.424 e. The van der Waals surface area contributed by atoms with Gasteiger partial charge in [0, 0.05) is 0 Å². The molecule has 0 unspecified atom stereocenters. The average molecular weight is 478 g/mol. The van der Waals surface area contributed by atoms with E-state index in [1.54, 1.807) is 0 Å². The van der Waals surface area contributed by atoms with Crippen LogP contribution in [0.25, 0.3) is 0 Å². The molecule has 0 radical (unpaired) electrons. The highest BCUT2D eigenvalue weighted by atomic mass is 16.5. The minimum atomic E-state index is 0.0499. The van der Waals surface area contributed by atoms with Gasteiger partial charge in [-0.15, -0.1) is 34.7 Å². The van der Waals surface area contributed by atoms with Crippen LogP contribution in [0.2, 0.25) is 0 Å². The first-order valence-corrected chi connectivity index (χ1v) is 11.6. The molecule has 0 aliphatic rings. The molecule has 4 aromatic rings. The summed E-state index contributed by atoms with van der Waals surface area (Å²) in [6.45, 7) is 11.5. The molecule has 0 saturated carbocycles. The van der Waals surface area contributed by atoms with Crippen molar-refractivity contribution < 1.29 is 14.2 Å². The Labute approximate surface area is 211 Å². The first-order valence-electron chi connectivity index (χ1n) is 11.6. The quantitative estimate of drug-likeness (QED) is 0.198. The number of allylic oxidation sites excluding steroid dienone is 3. The molecular weight excluding hydrogens is 450 g/mol. The van der Waals surface area contributed by atoms with Gasteiger partial charge in [0.15, 0.2) is 0 Å². The summed E-state index contributed by atoms with van der Waals surface area (Å²) >= 11 is 0. The Morgan fingerprint density at radius 1 is 0.472 bits per heavy atom. The number of benzene rings is 3. The molecule has 6 heteroatoms. The fourth-order valence-corrected chi connectivity index (χ4v) is 3.54. The third-order valence-electron chi connectivity index (χ3n) is 5.19. The summed E-state index contributed by atoms with van der Waals surface area (Å²) in [7, 11) is 0. The number of hydrogen-bond acceptors (Lipinski definition) is 6. The maximum Gasteiger partial charge on any atom is 0.331 e. The van der Waals surface area contributed by atoms with Gasteiger partial charge < -0.3 is 14.2 Å². The molecule has 0 N–H and O–H groups in total. The van der Waals surface area contributed by atoms with E-state index in [0.29, 0.717) is 36.5 Å². The topological polar surface area (TPSA) is 66.4 Å². The predicted molar refractivity (Wildman–Crippen MR) is 141 cm³/mol. The van der Waals surface area contributed by atoms with Gasteiger partial charge in [-0.25, -0.2) is 0 Å². The second kappa shape index (κ2) is 12.1. The lowest BCUT2D eigenvalue weighted by Gasteiger charge is -2.13. The van der Waals surface area contributed by atoms with Crippen LogP contribution in [0, 0.1) is 0 Å². The van der Waals surface area contributed by atoms with Gasteiger partial charge in [-0.3, -0.25) is 0 Å². The van der Waals surface area contributed by atoms with Gasteiger partial charge in [-0.05, 0) is 54.2 Å². The van der Waals surface area contributed by atoms with Crippen LogP contribution in [-0.4, -0.2) is 15.0 Å². The Morgan fingerprint density at radius 3 is 1.03 bits per heavy atom. The number of aromatic nitrogens is 3. The van der Waals surface area contributed by atoms with Crippen LogP contribution in [0.3, 0.4) is 0 Å². The molecule has 0 atom stereocenters. The molecule has 3 aromatic carbocycles. The van der Waals surface area contributed by atoms with Crippen LogP contribution < -0.4 is 14.2 Å². The molecule has 0 aliphatic heterocycles. The summed E-state index contributed by atoms with van der Waals surface area (Å²) in [6.07, 6.45) is 7.34. The highest BCUT2D eigenvalue weighted by Crippen LogP contribution is 2.31. The molecule has 4 rings (SSSR count). The summed E-state index contributed by atoms with van der Waals surface area (Å²) < 4.78 is 18.2. The van der Waals surface area contributed by atoms with E-state index in [9.17, 15) is 0 Å². The van der Waals surface area contributed by atoms with Crippen molar-refractivity contribution >= 4 is 0 Å². The summed E-state index contributed by atoms with van der Waals surface area (Å²) in [6, 6.07) is 23.1. The number of nitrogens with zero attached hydrogens (tertiary/aromatic N) is 3. The van der Waals surface area contributed by atoms with Crippen molar-refractivity contribution in [3.8, 4) is 35.3 Å². The Balaban J connectivity index is 1.73. The van der Waals surface area contributed by atoms with E-state index in [4.69, 9.17) is 14.2 Å². The molecule has 0 saturated heterocycles. The SMILES string of the molecule is C=CCc1ccccc1Oc1nc(Oc2ccccc2CC=C)nc(Oc2ccccc2CC=C)n1. The van der Waals surface area contributed by atoms with Crippen LogP contribution in [0.5, 0.6) is 35.3 Å². The number of ether oxygens (including phenoxy) is 3. The van der Waals surface area contributed by atoms with Crippen molar-refractivity contribution in [2.24, 2.45) is 0 Å². The van der Waals surface area contributed by atoms with E-state index in [1.165, 1.54) is 0 Å². The Morgan fingerprint density at radius 2 is 0.750 bits per heavy atom. The second-order valence-corrected chi connectivity index (χ2v) is 7.79. The fourth-order valence-electron chi connectivity index (χ4n) is 3.54. The first kappa shape index (κ1) is 24.4. The van der Waals surface area contributed by atoms with Crippen LogP contribution in [0.1, 0.15) is 16.7 Å². The molecule has 0 bridgehead atoms. The molecule has 180 valence electrons. The van der Waals surface area contributed by atoms with Gasteiger partial charge in [0.1, 0.15) is 17.2 Å². The molecule has 36 heavy (non-hydrogen) atoms. The van der Waals surface area contributed by atoms with E-state index >= 15 is 0 Å². The largest absolute Gasteiger partial charge is 0.424 e. The molecule has 0 fully saturated rings. The van der Waals surface area contributed by atoms with Crippen LogP contribution >= 0.6 is 0 Å². The maximum atomic E-state index is 6.07. The third-order valence-corrected chi connectivity index (χ3v) is 5.19. The monoisotopic (exact) mass is 477 g/mol. The number of para-hydroxylation sites is 3. The third kappa shape index (κ3) is 6.24. The van der Waals surface area contributed by atoms with Crippen molar-refractivity contribution in [2.45, 2.75) is 19.3 Å². The molecule has 1 aromatic heterocycles. The normalized spacial score (nSPS) is 10.3. The summed E-state index contributed by atoms with van der Waals surface area (Å²) in [5.74, 6) is 1.83. The van der Waals surface area contributed by atoms with E-state index < -0.39 is 0 Å². The van der Waals surface area contributed by atoms with Crippen molar-refractivity contribution in [2.75, 3.05) is 0 Å². The van der Waals surface area contributed by atoms with Gasteiger partial charge in [0.2, 0.25) is 0 Å². The fraction of sp³-hybridized carbons (Fsp3) is 0.100. The Hall–Kier alpha value is -4.71. The van der Waals surface area contributed by atoms with Gasteiger partial charge in [0.05, 0.1) is 0 Å². The van der Waals surface area contributed by atoms with E-state index in [0.717, 1.165) is 16.7 Å². The summed E-state index contributed by atoms with van der Waals surface area (Å²) in [5, 5.41) is 0. The lowest BCUT2D eigenvalue weighted by molar-refractivity contribution is 0.359. The molecule has 0 amide bonds. The van der Waals surface area contributed by atoms with Gasteiger partial charge >= 0.3 is 18.0 Å². The maximum absolute atomic E-state index is 6.07. The van der Waals surface area contributed by atoms with Crippen LogP contribution in [0.4, 0.5) is 0 Å². The van der Waals surface area contributed by atoms with Gasteiger partial charge in [-0.2, -0.15) is 0 Å². The zero-order valence-electron chi connectivity index (χ0n) is 20.0. The van der Waals surface area contributed by atoms with Crippen LogP contribution in [0.15, 0.2) is 111 Å². The van der Waals surface area contributed by atoms with Gasteiger partial charge in [0.25, 0.3) is 0 Å². The Kier molecular flexibility index (Phi) is 8.22. The standard InChI is InChI=1S/C30H27N3O3/c1-4-13-22-16-7-10-19-25(22)34-28-31-29(35-26-20-11-8-17-23(26)14-5-2)33-30(32-28)36-27-21-12-9-18-24(27)15-6-3/h4-12,16-21H,1-3,13-15H2. The Bertz CT molecular complexity index is 1190. The zero-order chi connectivity index (χ0) is 25.2. The second-order valence-electron chi connectivity index (χ2n) is 7.79. The van der Waals surface area contributed by atoms with E-state index in [1.807, 2.05) is 91.0 Å². The number of rotatable bonds is 12. The zero-order valence-corrected chi connectivity index (χ0v) is 20.0. The van der Waals surface area contributed by atoms with E-state index in [2.05, 4.69) is 34.7 Å². The van der Waals surface area contributed by atoms with Crippen molar-refractivity contribution in [1.82, 2.24) is 15.0 Å². The molecule has 0 aliphatic carbocycles.